The number of rotatable bonds is 0. The van der Waals surface area contributed by atoms with Crippen molar-refractivity contribution in [3.8, 4) is 0 Å². The maximum Gasteiger partial charge on any atom is 0.229 e. The molecular weight excluding hydrogens is 236 g/mol. The van der Waals surface area contributed by atoms with Crippen molar-refractivity contribution in [2.45, 2.75) is 38.5 Å². The first kappa shape index (κ1) is 12.7. The van der Waals surface area contributed by atoms with E-state index in [1.54, 1.807) is 0 Å². The van der Waals surface area contributed by atoms with E-state index < -0.39 is 0 Å². The molecule has 0 saturated carbocycles. The summed E-state index contributed by atoms with van der Waals surface area (Å²) in [5.41, 5.74) is 3.85. The first-order chi connectivity index (χ1) is 8.97. The quantitative estimate of drug-likeness (QED) is 0.751. The summed E-state index contributed by atoms with van der Waals surface area (Å²) in [7, 11) is 0. The zero-order valence-electron chi connectivity index (χ0n) is 11.9. The van der Waals surface area contributed by atoms with Gasteiger partial charge in [-0.15, -0.1) is 0 Å². The largest absolute Gasteiger partial charge is 0.326 e. The average molecular weight is 258 g/mol. The summed E-state index contributed by atoms with van der Waals surface area (Å²) in [5, 5.41) is 6.39. The van der Waals surface area contributed by atoms with Crippen molar-refractivity contribution >= 4 is 11.6 Å². The van der Waals surface area contributed by atoms with Crippen LogP contribution >= 0.6 is 0 Å². The number of carbonyl (C=O) groups is 1. The summed E-state index contributed by atoms with van der Waals surface area (Å²) >= 11 is 0. The fourth-order valence-corrected chi connectivity index (χ4v) is 3.18. The third-order valence-electron chi connectivity index (χ3n) is 4.39. The number of nitrogens with one attached hydrogen (secondary N) is 2. The third kappa shape index (κ3) is 2.16. The Balaban J connectivity index is 2.05. The Kier molecular flexibility index (Phi) is 2.90. The van der Waals surface area contributed by atoms with Crippen LogP contribution in [0.4, 0.5) is 5.69 Å². The van der Waals surface area contributed by atoms with Crippen molar-refractivity contribution in [1.82, 2.24) is 5.32 Å². The summed E-state index contributed by atoms with van der Waals surface area (Å²) in [6.45, 7) is 8.51. The number of fused-ring (bicyclic) bond motifs is 3. The van der Waals surface area contributed by atoms with Crippen molar-refractivity contribution in [3.63, 3.8) is 0 Å². The van der Waals surface area contributed by atoms with Crippen LogP contribution in [0, 0.1) is 5.92 Å². The molecule has 1 amide bonds. The van der Waals surface area contributed by atoms with Crippen molar-refractivity contribution in [2.75, 3.05) is 18.4 Å². The lowest BCUT2D eigenvalue weighted by molar-refractivity contribution is -0.121. The molecule has 2 atom stereocenters. The number of benzene rings is 1. The van der Waals surface area contributed by atoms with E-state index in [9.17, 15) is 4.79 Å². The van der Waals surface area contributed by atoms with Gasteiger partial charge in [0.2, 0.25) is 5.91 Å². The molecule has 0 spiro atoms. The second-order valence-corrected chi connectivity index (χ2v) is 6.75. The Hall–Kier alpha value is -1.35. The molecule has 3 nitrogen and oxygen atoms in total. The van der Waals surface area contributed by atoms with Gasteiger partial charge in [0.05, 0.1) is 5.92 Å². The molecule has 0 aliphatic carbocycles. The lowest BCUT2D eigenvalue weighted by Gasteiger charge is -2.37. The Morgan fingerprint density at radius 1 is 1.21 bits per heavy atom. The molecule has 1 aromatic rings. The highest BCUT2D eigenvalue weighted by Crippen LogP contribution is 2.41. The number of hydrogen-bond donors (Lipinski definition) is 2. The van der Waals surface area contributed by atoms with Crippen LogP contribution in [0.5, 0.6) is 0 Å². The van der Waals surface area contributed by atoms with Crippen LogP contribution in [0.2, 0.25) is 0 Å². The molecule has 0 aromatic heterocycles. The number of anilines is 1. The molecule has 2 aliphatic heterocycles. The van der Waals surface area contributed by atoms with E-state index in [-0.39, 0.29) is 17.2 Å². The summed E-state index contributed by atoms with van der Waals surface area (Å²) in [5.74, 6) is 0.650. The topological polar surface area (TPSA) is 41.1 Å². The van der Waals surface area contributed by atoms with Crippen molar-refractivity contribution in [3.05, 3.63) is 29.3 Å². The molecule has 2 N–H and O–H groups in total. The van der Waals surface area contributed by atoms with Gasteiger partial charge in [0.1, 0.15) is 0 Å². The molecule has 2 unspecified atom stereocenters. The maximum atomic E-state index is 12.1. The van der Waals surface area contributed by atoms with Crippen LogP contribution in [0.1, 0.15) is 44.2 Å². The van der Waals surface area contributed by atoms with Crippen LogP contribution in [-0.4, -0.2) is 19.0 Å². The van der Waals surface area contributed by atoms with Gasteiger partial charge in [-0.25, -0.2) is 0 Å². The van der Waals surface area contributed by atoms with Gasteiger partial charge in [-0.2, -0.15) is 0 Å². The van der Waals surface area contributed by atoms with Gasteiger partial charge in [0.25, 0.3) is 0 Å². The van der Waals surface area contributed by atoms with Gasteiger partial charge in [0, 0.05) is 12.2 Å². The van der Waals surface area contributed by atoms with E-state index in [4.69, 9.17) is 0 Å². The maximum absolute atomic E-state index is 12.1. The predicted molar refractivity (Wildman–Crippen MR) is 77.5 cm³/mol. The number of carbonyl (C=O) groups excluding carboxylic acids is 1. The highest BCUT2D eigenvalue weighted by Gasteiger charge is 2.37. The van der Waals surface area contributed by atoms with Crippen LogP contribution in [0.3, 0.4) is 0 Å². The SMILES string of the molecule is CC(C)(C)c1ccc2c(c1)C1CCNCC1C(=O)N2. The lowest BCUT2D eigenvalue weighted by atomic mass is 9.75. The molecule has 0 bridgehead atoms. The molecular formula is C16H22N2O. The van der Waals surface area contributed by atoms with Gasteiger partial charge < -0.3 is 10.6 Å². The van der Waals surface area contributed by atoms with Crippen molar-refractivity contribution in [2.24, 2.45) is 5.92 Å². The van der Waals surface area contributed by atoms with Gasteiger partial charge in [0.15, 0.2) is 0 Å². The fraction of sp³-hybridized carbons (Fsp3) is 0.562. The summed E-state index contributed by atoms with van der Waals surface area (Å²) in [6, 6.07) is 6.52. The second kappa shape index (κ2) is 4.34. The minimum absolute atomic E-state index is 0.0940. The van der Waals surface area contributed by atoms with Crippen LogP contribution < -0.4 is 10.6 Å². The molecule has 3 rings (SSSR count). The summed E-state index contributed by atoms with van der Waals surface area (Å²) in [6.07, 6.45) is 1.05. The van der Waals surface area contributed by atoms with E-state index in [2.05, 4.69) is 49.6 Å². The molecule has 0 radical (unpaired) electrons. The van der Waals surface area contributed by atoms with Crippen LogP contribution in [-0.2, 0) is 10.2 Å². The molecule has 2 heterocycles. The Morgan fingerprint density at radius 2 is 2.00 bits per heavy atom. The smallest absolute Gasteiger partial charge is 0.229 e. The molecule has 1 saturated heterocycles. The van der Waals surface area contributed by atoms with E-state index in [1.807, 2.05) is 0 Å². The molecule has 102 valence electrons. The zero-order chi connectivity index (χ0) is 13.6. The molecule has 1 aromatic carbocycles. The Bertz CT molecular complexity index is 516. The second-order valence-electron chi connectivity index (χ2n) is 6.75. The van der Waals surface area contributed by atoms with E-state index in [0.717, 1.165) is 25.2 Å². The number of piperidine rings is 1. The predicted octanol–water partition coefficient (Wildman–Crippen LogP) is 2.63. The van der Waals surface area contributed by atoms with E-state index in [0.29, 0.717) is 5.92 Å². The highest BCUT2D eigenvalue weighted by molar-refractivity contribution is 5.97. The first-order valence-corrected chi connectivity index (χ1v) is 7.13. The van der Waals surface area contributed by atoms with Gasteiger partial charge in [-0.1, -0.05) is 32.9 Å². The molecule has 19 heavy (non-hydrogen) atoms. The van der Waals surface area contributed by atoms with Crippen molar-refractivity contribution < 1.29 is 4.79 Å². The average Bonchev–Trinajstić information content (AvgIpc) is 2.37. The molecule has 1 fully saturated rings. The summed E-state index contributed by atoms with van der Waals surface area (Å²) in [4.78, 5) is 12.1. The monoisotopic (exact) mass is 258 g/mol. The minimum Gasteiger partial charge on any atom is -0.326 e. The number of hydrogen-bond acceptors (Lipinski definition) is 2. The molecule has 3 heteroatoms. The highest BCUT2D eigenvalue weighted by atomic mass is 16.2. The molecule has 2 aliphatic rings. The summed E-state index contributed by atoms with van der Waals surface area (Å²) < 4.78 is 0. The van der Waals surface area contributed by atoms with E-state index in [1.165, 1.54) is 11.1 Å². The van der Waals surface area contributed by atoms with Crippen LogP contribution in [0.15, 0.2) is 18.2 Å². The first-order valence-electron chi connectivity index (χ1n) is 7.13. The van der Waals surface area contributed by atoms with Gasteiger partial charge >= 0.3 is 0 Å². The third-order valence-corrected chi connectivity index (χ3v) is 4.39. The van der Waals surface area contributed by atoms with Crippen molar-refractivity contribution in [1.29, 1.82) is 0 Å². The Morgan fingerprint density at radius 3 is 2.74 bits per heavy atom. The number of amides is 1. The van der Waals surface area contributed by atoms with Crippen LogP contribution in [0.25, 0.3) is 0 Å². The van der Waals surface area contributed by atoms with E-state index >= 15 is 0 Å². The lowest BCUT2D eigenvalue weighted by Crippen LogP contribution is -2.45. The van der Waals surface area contributed by atoms with Gasteiger partial charge in [-0.05, 0) is 41.5 Å². The standard InChI is InChI=1S/C16H22N2O/c1-16(2,3)10-4-5-14-12(8-10)11-6-7-17-9-13(11)15(19)18-14/h4-5,8,11,13,17H,6-7,9H2,1-3H3,(H,18,19). The fourth-order valence-electron chi connectivity index (χ4n) is 3.18. The Labute approximate surface area is 114 Å². The van der Waals surface area contributed by atoms with Gasteiger partial charge in [-0.3, -0.25) is 4.79 Å². The minimum atomic E-state index is 0.0940. The normalized spacial score (nSPS) is 26.4. The zero-order valence-corrected chi connectivity index (χ0v) is 11.9.